The van der Waals surface area contributed by atoms with Crippen molar-refractivity contribution in [3.8, 4) is 11.8 Å². The molecule has 0 atom stereocenters. The molecule has 0 aliphatic heterocycles. The summed E-state index contributed by atoms with van der Waals surface area (Å²) in [5, 5.41) is 17.5. The van der Waals surface area contributed by atoms with Gasteiger partial charge in [-0.2, -0.15) is 5.26 Å². The third-order valence-electron chi connectivity index (χ3n) is 2.21. The highest BCUT2D eigenvalue weighted by Gasteiger charge is 2.08. The van der Waals surface area contributed by atoms with Crippen LogP contribution in [0.4, 0.5) is 0 Å². The zero-order valence-corrected chi connectivity index (χ0v) is 9.02. The van der Waals surface area contributed by atoms with Gasteiger partial charge in [0.1, 0.15) is 11.8 Å². The van der Waals surface area contributed by atoms with Crippen LogP contribution in [-0.2, 0) is 4.79 Å². The van der Waals surface area contributed by atoms with E-state index in [2.05, 4.69) is 0 Å². The smallest absolute Gasteiger partial charge is 0.328 e. The lowest BCUT2D eigenvalue weighted by Gasteiger charge is -2.07. The summed E-state index contributed by atoms with van der Waals surface area (Å²) in [6.07, 6.45) is 2.49. The second-order valence-corrected chi connectivity index (χ2v) is 3.14. The van der Waals surface area contributed by atoms with Crippen molar-refractivity contribution >= 4 is 12.0 Å². The average molecular weight is 217 g/mol. The first kappa shape index (κ1) is 11.8. The molecular weight excluding hydrogens is 206 g/mol. The Kier molecular flexibility index (Phi) is 3.67. The minimum Gasteiger partial charge on any atom is -0.495 e. The van der Waals surface area contributed by atoms with Gasteiger partial charge in [-0.15, -0.1) is 0 Å². The Morgan fingerprint density at radius 3 is 2.75 bits per heavy atom. The minimum atomic E-state index is -1.02. The lowest BCUT2D eigenvalue weighted by molar-refractivity contribution is -0.131. The monoisotopic (exact) mass is 217 g/mol. The standard InChI is InChI=1S/C12H11NO3/c1-8-9(4-6-12(14)15)3-5-11(16-2)10(8)7-13/h3-6H,1-2H3,(H,14,15)/b6-4+. The van der Waals surface area contributed by atoms with Crippen LogP contribution in [0.2, 0.25) is 0 Å². The first-order chi connectivity index (χ1) is 7.60. The molecule has 1 aromatic rings. The number of carbonyl (C=O) groups is 1. The van der Waals surface area contributed by atoms with Gasteiger partial charge in [0.15, 0.2) is 0 Å². The molecule has 1 aromatic carbocycles. The topological polar surface area (TPSA) is 70.3 Å². The normalized spacial score (nSPS) is 10.1. The lowest BCUT2D eigenvalue weighted by atomic mass is 10.0. The highest BCUT2D eigenvalue weighted by molar-refractivity contribution is 5.85. The summed E-state index contributed by atoms with van der Waals surface area (Å²) < 4.78 is 5.03. The van der Waals surface area contributed by atoms with Crippen LogP contribution < -0.4 is 4.74 Å². The molecule has 82 valence electrons. The first-order valence-electron chi connectivity index (χ1n) is 4.59. The van der Waals surface area contributed by atoms with Crippen LogP contribution in [0.1, 0.15) is 16.7 Å². The Bertz CT molecular complexity index is 484. The van der Waals surface area contributed by atoms with Crippen molar-refractivity contribution in [2.75, 3.05) is 7.11 Å². The van der Waals surface area contributed by atoms with Gasteiger partial charge in [-0.1, -0.05) is 6.07 Å². The summed E-state index contributed by atoms with van der Waals surface area (Å²) in [7, 11) is 1.49. The predicted molar refractivity (Wildman–Crippen MR) is 59.1 cm³/mol. The Morgan fingerprint density at radius 1 is 1.56 bits per heavy atom. The van der Waals surface area contributed by atoms with Gasteiger partial charge in [-0.05, 0) is 30.2 Å². The second-order valence-electron chi connectivity index (χ2n) is 3.14. The molecule has 0 spiro atoms. The largest absolute Gasteiger partial charge is 0.495 e. The quantitative estimate of drug-likeness (QED) is 0.786. The molecule has 0 amide bonds. The number of carboxylic acid groups (broad SMARTS) is 1. The van der Waals surface area contributed by atoms with Crippen LogP contribution in [-0.4, -0.2) is 18.2 Å². The number of aliphatic carboxylic acids is 1. The molecular formula is C12H11NO3. The molecule has 1 N–H and O–H groups in total. The summed E-state index contributed by atoms with van der Waals surface area (Å²) in [5.74, 6) is -0.527. The fourth-order valence-electron chi connectivity index (χ4n) is 1.35. The Hall–Kier alpha value is -2.28. The zero-order valence-electron chi connectivity index (χ0n) is 9.02. The van der Waals surface area contributed by atoms with E-state index in [9.17, 15) is 4.79 Å². The van der Waals surface area contributed by atoms with Crippen molar-refractivity contribution in [2.45, 2.75) is 6.92 Å². The van der Waals surface area contributed by atoms with E-state index in [1.165, 1.54) is 13.2 Å². The number of rotatable bonds is 3. The van der Waals surface area contributed by atoms with Crippen molar-refractivity contribution in [2.24, 2.45) is 0 Å². The van der Waals surface area contributed by atoms with E-state index >= 15 is 0 Å². The van der Waals surface area contributed by atoms with E-state index in [4.69, 9.17) is 15.1 Å². The van der Waals surface area contributed by atoms with Gasteiger partial charge in [0.2, 0.25) is 0 Å². The van der Waals surface area contributed by atoms with Crippen LogP contribution in [0.15, 0.2) is 18.2 Å². The van der Waals surface area contributed by atoms with Gasteiger partial charge in [0.05, 0.1) is 12.7 Å². The van der Waals surface area contributed by atoms with E-state index in [0.29, 0.717) is 22.4 Å². The molecule has 0 bridgehead atoms. The molecule has 4 nitrogen and oxygen atoms in total. The summed E-state index contributed by atoms with van der Waals surface area (Å²) in [4.78, 5) is 10.4. The van der Waals surface area contributed by atoms with Gasteiger partial charge in [0, 0.05) is 6.08 Å². The maximum atomic E-state index is 10.4. The molecule has 0 heterocycles. The molecule has 0 saturated carbocycles. The minimum absolute atomic E-state index is 0.426. The molecule has 0 aliphatic rings. The molecule has 16 heavy (non-hydrogen) atoms. The van der Waals surface area contributed by atoms with Crippen LogP contribution in [0.5, 0.6) is 5.75 Å². The number of hydrogen-bond donors (Lipinski definition) is 1. The van der Waals surface area contributed by atoms with Crippen LogP contribution >= 0.6 is 0 Å². The van der Waals surface area contributed by atoms with E-state index in [1.54, 1.807) is 19.1 Å². The summed E-state index contributed by atoms with van der Waals surface area (Å²) in [6.45, 7) is 1.75. The number of nitriles is 1. The number of carboxylic acids is 1. The Balaban J connectivity index is 3.25. The highest BCUT2D eigenvalue weighted by Crippen LogP contribution is 2.24. The fraction of sp³-hybridized carbons (Fsp3) is 0.167. The number of ether oxygens (including phenoxy) is 1. The summed E-state index contributed by atoms with van der Waals surface area (Å²) in [5.41, 5.74) is 1.83. The first-order valence-corrected chi connectivity index (χ1v) is 4.59. The molecule has 0 fully saturated rings. The maximum Gasteiger partial charge on any atom is 0.328 e. The predicted octanol–water partition coefficient (Wildman–Crippen LogP) is 1.97. The van der Waals surface area contributed by atoms with Crippen LogP contribution in [0.25, 0.3) is 6.08 Å². The molecule has 0 aromatic heterocycles. The zero-order chi connectivity index (χ0) is 12.1. The Labute approximate surface area is 93.4 Å². The second kappa shape index (κ2) is 4.99. The van der Waals surface area contributed by atoms with Gasteiger partial charge >= 0.3 is 5.97 Å². The van der Waals surface area contributed by atoms with Crippen LogP contribution in [0.3, 0.4) is 0 Å². The Morgan fingerprint density at radius 2 is 2.25 bits per heavy atom. The molecule has 4 heteroatoms. The van der Waals surface area contributed by atoms with Crippen molar-refractivity contribution < 1.29 is 14.6 Å². The lowest BCUT2D eigenvalue weighted by Crippen LogP contribution is -1.94. The van der Waals surface area contributed by atoms with Gasteiger partial charge in [-0.3, -0.25) is 0 Å². The molecule has 0 radical (unpaired) electrons. The molecule has 0 saturated heterocycles. The molecule has 0 aliphatic carbocycles. The van der Waals surface area contributed by atoms with Crippen molar-refractivity contribution in [3.63, 3.8) is 0 Å². The van der Waals surface area contributed by atoms with Crippen molar-refractivity contribution in [1.82, 2.24) is 0 Å². The van der Waals surface area contributed by atoms with E-state index in [-0.39, 0.29) is 0 Å². The van der Waals surface area contributed by atoms with Crippen LogP contribution in [0, 0.1) is 18.3 Å². The number of methoxy groups -OCH3 is 1. The third-order valence-corrected chi connectivity index (χ3v) is 2.21. The van der Waals surface area contributed by atoms with E-state index < -0.39 is 5.97 Å². The molecule has 0 unspecified atom stereocenters. The van der Waals surface area contributed by atoms with Gasteiger partial charge < -0.3 is 9.84 Å². The fourth-order valence-corrected chi connectivity index (χ4v) is 1.35. The van der Waals surface area contributed by atoms with E-state index in [0.717, 1.165) is 6.08 Å². The van der Waals surface area contributed by atoms with Crippen molar-refractivity contribution in [1.29, 1.82) is 5.26 Å². The van der Waals surface area contributed by atoms with E-state index in [1.807, 2.05) is 6.07 Å². The average Bonchev–Trinajstić information content (AvgIpc) is 2.26. The van der Waals surface area contributed by atoms with Gasteiger partial charge in [0.25, 0.3) is 0 Å². The summed E-state index contributed by atoms with van der Waals surface area (Å²) >= 11 is 0. The third kappa shape index (κ3) is 2.39. The maximum absolute atomic E-state index is 10.4. The van der Waals surface area contributed by atoms with Gasteiger partial charge in [-0.25, -0.2) is 4.79 Å². The SMILES string of the molecule is COc1ccc(/C=C/C(=O)O)c(C)c1C#N. The highest BCUT2D eigenvalue weighted by atomic mass is 16.5. The summed E-state index contributed by atoms with van der Waals surface area (Å²) in [6, 6.07) is 5.40. The number of benzene rings is 1. The van der Waals surface area contributed by atoms with Crippen molar-refractivity contribution in [3.05, 3.63) is 34.9 Å². The number of hydrogen-bond acceptors (Lipinski definition) is 3. The molecule has 1 rings (SSSR count). The number of nitrogens with zero attached hydrogens (tertiary/aromatic N) is 1.